The van der Waals surface area contributed by atoms with Crippen molar-refractivity contribution in [1.82, 2.24) is 18.7 Å². The molecule has 0 spiro atoms. The first-order chi connectivity index (χ1) is 26.3. The molecule has 4 heterocycles. The minimum Gasteiger partial charge on any atom is -0.316 e. The van der Waals surface area contributed by atoms with E-state index in [0.717, 1.165) is 61.6 Å². The zero-order valence-corrected chi connectivity index (χ0v) is 28.8. The Kier molecular flexibility index (Phi) is 6.52. The monoisotopic (exact) mass is 676 g/mol. The van der Waals surface area contributed by atoms with Gasteiger partial charge in [0.15, 0.2) is 0 Å². The van der Waals surface area contributed by atoms with Gasteiger partial charge in [-0.1, -0.05) is 133 Å². The summed E-state index contributed by atoms with van der Waals surface area (Å²) in [4.78, 5) is 5.55. The number of fused-ring (bicyclic) bond motifs is 9. The maximum absolute atomic E-state index is 5.55. The molecule has 0 radical (unpaired) electrons. The van der Waals surface area contributed by atoms with Gasteiger partial charge in [-0.05, 0) is 65.7 Å². The van der Waals surface area contributed by atoms with Crippen LogP contribution in [0.2, 0.25) is 0 Å². The van der Waals surface area contributed by atoms with Gasteiger partial charge >= 0.3 is 0 Å². The van der Waals surface area contributed by atoms with Gasteiger partial charge in [-0.15, -0.1) is 0 Å². The molecule has 0 atom stereocenters. The molecular formula is C49H32N4. The average molecular weight is 677 g/mol. The van der Waals surface area contributed by atoms with Crippen LogP contribution in [0.5, 0.6) is 0 Å². The molecule has 11 rings (SSSR count). The number of para-hydroxylation sites is 3. The lowest BCUT2D eigenvalue weighted by Crippen LogP contribution is -2.02. The number of pyridine rings is 1. The summed E-state index contributed by atoms with van der Waals surface area (Å²) < 4.78 is 7.17. The molecule has 0 N–H and O–H groups in total. The first kappa shape index (κ1) is 29.5. The molecule has 0 unspecified atom stereocenters. The lowest BCUT2D eigenvalue weighted by Gasteiger charge is -2.15. The van der Waals surface area contributed by atoms with Crippen molar-refractivity contribution < 1.29 is 0 Å². The van der Waals surface area contributed by atoms with Crippen LogP contribution in [0, 0.1) is 0 Å². The summed E-state index contributed by atoms with van der Waals surface area (Å²) >= 11 is 0. The van der Waals surface area contributed by atoms with E-state index in [1.54, 1.807) is 0 Å². The number of hydrogen-bond acceptors (Lipinski definition) is 1. The largest absolute Gasteiger partial charge is 0.316 e. The number of hydrogen-bond donors (Lipinski definition) is 0. The molecule has 0 aliphatic rings. The molecule has 248 valence electrons. The van der Waals surface area contributed by atoms with Gasteiger partial charge in [0.05, 0.1) is 33.3 Å². The summed E-state index contributed by atoms with van der Waals surface area (Å²) in [7, 11) is 0. The summed E-state index contributed by atoms with van der Waals surface area (Å²) in [6, 6.07) is 67.2. The van der Waals surface area contributed by atoms with Gasteiger partial charge < -0.3 is 9.13 Å². The molecule has 11 aromatic rings. The summed E-state index contributed by atoms with van der Waals surface area (Å²) in [5.74, 6) is 0.877. The standard InChI is InChI=1S/C49H32N4/c1-5-15-33(16-6-1)35-31-43(34-17-7-2-8-18-34)50-46(32-35)53-47-40(27-28-44-42(47)29-30-51(44)36-19-9-3-10-20-36)41-26-25-39-38-23-13-14-24-45(38)52(48(39)49(41)53)37-21-11-4-12-22-37/h1-32H. The van der Waals surface area contributed by atoms with Crippen LogP contribution in [0.3, 0.4) is 0 Å². The molecule has 0 saturated carbocycles. The van der Waals surface area contributed by atoms with E-state index in [0.29, 0.717) is 0 Å². The fraction of sp³-hybridized carbons (Fsp3) is 0. The van der Waals surface area contributed by atoms with Crippen LogP contribution in [0.25, 0.3) is 94.1 Å². The number of aromatic nitrogens is 4. The maximum atomic E-state index is 5.55. The second kappa shape index (κ2) is 11.7. The third-order valence-electron chi connectivity index (χ3n) is 10.7. The maximum Gasteiger partial charge on any atom is 0.139 e. The Hall–Kier alpha value is -7.17. The van der Waals surface area contributed by atoms with Crippen LogP contribution in [0.4, 0.5) is 0 Å². The Balaban J connectivity index is 1.36. The number of rotatable bonds is 5. The molecule has 0 amide bonds. The van der Waals surface area contributed by atoms with Crippen LogP contribution >= 0.6 is 0 Å². The van der Waals surface area contributed by atoms with E-state index in [-0.39, 0.29) is 0 Å². The highest BCUT2D eigenvalue weighted by molar-refractivity contribution is 6.26. The van der Waals surface area contributed by atoms with Crippen molar-refractivity contribution >= 4 is 54.5 Å². The van der Waals surface area contributed by atoms with Crippen molar-refractivity contribution in [3.05, 3.63) is 194 Å². The zero-order valence-electron chi connectivity index (χ0n) is 28.8. The number of benzene rings is 7. The number of nitrogens with zero attached hydrogens (tertiary/aromatic N) is 4. The summed E-state index contributed by atoms with van der Waals surface area (Å²) in [5, 5.41) is 5.99. The second-order valence-electron chi connectivity index (χ2n) is 13.6. The highest BCUT2D eigenvalue weighted by Crippen LogP contribution is 2.44. The van der Waals surface area contributed by atoms with Crippen molar-refractivity contribution in [2.24, 2.45) is 0 Å². The average Bonchev–Trinajstić information content (AvgIpc) is 3.92. The third kappa shape index (κ3) is 4.52. The van der Waals surface area contributed by atoms with Crippen molar-refractivity contribution in [2.75, 3.05) is 0 Å². The lowest BCUT2D eigenvalue weighted by molar-refractivity contribution is 1.08. The Bertz CT molecular complexity index is 3080. The van der Waals surface area contributed by atoms with Crippen molar-refractivity contribution in [3.63, 3.8) is 0 Å². The van der Waals surface area contributed by atoms with Gasteiger partial charge in [0.1, 0.15) is 5.82 Å². The van der Waals surface area contributed by atoms with Gasteiger partial charge in [0.25, 0.3) is 0 Å². The Morgan fingerprint density at radius 1 is 0.340 bits per heavy atom. The van der Waals surface area contributed by atoms with Crippen LogP contribution < -0.4 is 0 Å². The van der Waals surface area contributed by atoms with Crippen LogP contribution in [0.1, 0.15) is 0 Å². The molecule has 0 aliphatic heterocycles. The topological polar surface area (TPSA) is 27.7 Å². The molecule has 53 heavy (non-hydrogen) atoms. The van der Waals surface area contributed by atoms with E-state index >= 15 is 0 Å². The molecule has 0 aliphatic carbocycles. The molecule has 0 fully saturated rings. The summed E-state index contributed by atoms with van der Waals surface area (Å²) in [5.41, 5.74) is 12.3. The molecule has 7 aromatic carbocycles. The SMILES string of the molecule is c1ccc(-c2cc(-c3ccccc3)nc(-n3c4c(ccc5c4ccn5-c4ccccc4)c4ccc5c6ccccc6n(-c6ccccc6)c5c43)c2)cc1. The molecule has 0 saturated heterocycles. The van der Waals surface area contributed by atoms with Crippen LogP contribution in [-0.4, -0.2) is 18.7 Å². The zero-order chi connectivity index (χ0) is 34.9. The smallest absolute Gasteiger partial charge is 0.139 e. The molecule has 4 heteroatoms. The Morgan fingerprint density at radius 2 is 0.906 bits per heavy atom. The van der Waals surface area contributed by atoms with Crippen molar-refractivity contribution in [2.45, 2.75) is 0 Å². The van der Waals surface area contributed by atoms with E-state index in [9.17, 15) is 0 Å². The third-order valence-corrected chi connectivity index (χ3v) is 10.7. The fourth-order valence-electron chi connectivity index (χ4n) is 8.33. The quantitative estimate of drug-likeness (QED) is 0.178. The fourth-order valence-corrected chi connectivity index (χ4v) is 8.33. The van der Waals surface area contributed by atoms with E-state index in [1.807, 2.05) is 0 Å². The Labute approximate surface area is 306 Å². The van der Waals surface area contributed by atoms with Gasteiger partial charge in [-0.3, -0.25) is 4.57 Å². The van der Waals surface area contributed by atoms with Crippen LogP contribution in [0.15, 0.2) is 194 Å². The summed E-state index contributed by atoms with van der Waals surface area (Å²) in [6.07, 6.45) is 2.20. The minimum absolute atomic E-state index is 0.877. The van der Waals surface area contributed by atoms with Crippen molar-refractivity contribution in [1.29, 1.82) is 0 Å². The van der Waals surface area contributed by atoms with E-state index in [1.165, 1.54) is 32.4 Å². The summed E-state index contributed by atoms with van der Waals surface area (Å²) in [6.45, 7) is 0. The van der Waals surface area contributed by atoms with E-state index in [4.69, 9.17) is 4.98 Å². The molecule has 4 aromatic heterocycles. The van der Waals surface area contributed by atoms with E-state index in [2.05, 4.69) is 208 Å². The van der Waals surface area contributed by atoms with Gasteiger partial charge in [0, 0.05) is 50.1 Å². The second-order valence-corrected chi connectivity index (χ2v) is 13.6. The van der Waals surface area contributed by atoms with Gasteiger partial charge in [-0.2, -0.15) is 0 Å². The van der Waals surface area contributed by atoms with Crippen molar-refractivity contribution in [3.8, 4) is 39.6 Å². The first-order valence-electron chi connectivity index (χ1n) is 18.1. The normalized spacial score (nSPS) is 11.8. The Morgan fingerprint density at radius 3 is 1.64 bits per heavy atom. The van der Waals surface area contributed by atoms with Gasteiger partial charge in [0.2, 0.25) is 0 Å². The highest BCUT2D eigenvalue weighted by Gasteiger charge is 2.24. The predicted molar refractivity (Wildman–Crippen MR) is 221 cm³/mol. The van der Waals surface area contributed by atoms with Gasteiger partial charge in [-0.25, -0.2) is 4.98 Å². The lowest BCUT2D eigenvalue weighted by atomic mass is 10.0. The highest BCUT2D eigenvalue weighted by atomic mass is 15.1. The minimum atomic E-state index is 0.877. The first-order valence-corrected chi connectivity index (χ1v) is 18.1. The molecule has 4 nitrogen and oxygen atoms in total. The molecular weight excluding hydrogens is 645 g/mol. The van der Waals surface area contributed by atoms with Crippen LogP contribution in [-0.2, 0) is 0 Å². The van der Waals surface area contributed by atoms with E-state index < -0.39 is 0 Å². The molecule has 0 bridgehead atoms. The predicted octanol–water partition coefficient (Wildman–Crippen LogP) is 12.6.